The van der Waals surface area contributed by atoms with Crippen LogP contribution in [0.3, 0.4) is 0 Å². The molecular formula is C21H21NO3. The van der Waals surface area contributed by atoms with Gasteiger partial charge in [0, 0.05) is 17.0 Å². The second-order valence-electron chi connectivity index (χ2n) is 5.76. The lowest BCUT2D eigenvalue weighted by Crippen LogP contribution is -2.05. The van der Waals surface area contributed by atoms with Gasteiger partial charge in [0.05, 0.1) is 30.0 Å². The molecule has 1 heterocycles. The van der Waals surface area contributed by atoms with Crippen LogP contribution in [0.5, 0.6) is 5.75 Å². The maximum atomic E-state index is 12.0. The van der Waals surface area contributed by atoms with Crippen molar-refractivity contribution in [3.8, 4) is 17.0 Å². The molecule has 1 aromatic heterocycles. The van der Waals surface area contributed by atoms with Gasteiger partial charge in [-0.1, -0.05) is 29.8 Å². The number of fused-ring (bicyclic) bond motifs is 1. The number of pyridine rings is 1. The van der Waals surface area contributed by atoms with Crippen LogP contribution in [-0.2, 0) is 4.74 Å². The van der Waals surface area contributed by atoms with E-state index in [2.05, 4.69) is 19.1 Å². The quantitative estimate of drug-likeness (QED) is 0.629. The van der Waals surface area contributed by atoms with Crippen molar-refractivity contribution in [2.45, 2.75) is 20.8 Å². The van der Waals surface area contributed by atoms with Crippen LogP contribution in [-0.4, -0.2) is 24.2 Å². The summed E-state index contributed by atoms with van der Waals surface area (Å²) >= 11 is 0. The first-order valence-corrected chi connectivity index (χ1v) is 8.44. The standard InChI is InChI=1S/C21H21NO3/c1-4-24-20-13-19(15-8-6-14(3)7-9-15)22-18-11-10-16(12-17(18)20)21(23)25-5-2/h6-13H,4-5H2,1-3H3. The van der Waals surface area contributed by atoms with E-state index in [9.17, 15) is 4.79 Å². The van der Waals surface area contributed by atoms with Gasteiger partial charge in [0.2, 0.25) is 0 Å². The summed E-state index contributed by atoms with van der Waals surface area (Å²) in [7, 11) is 0. The van der Waals surface area contributed by atoms with E-state index in [0.29, 0.717) is 24.5 Å². The first-order chi connectivity index (χ1) is 12.1. The molecule has 0 saturated carbocycles. The SMILES string of the molecule is CCOC(=O)c1ccc2nc(-c3ccc(C)cc3)cc(OCC)c2c1. The van der Waals surface area contributed by atoms with Gasteiger partial charge in [0.15, 0.2) is 0 Å². The molecule has 25 heavy (non-hydrogen) atoms. The molecule has 0 aliphatic rings. The van der Waals surface area contributed by atoms with Crippen LogP contribution in [0, 0.1) is 6.92 Å². The van der Waals surface area contributed by atoms with Crippen molar-refractivity contribution >= 4 is 16.9 Å². The van der Waals surface area contributed by atoms with Crippen LogP contribution in [0.4, 0.5) is 0 Å². The van der Waals surface area contributed by atoms with Gasteiger partial charge >= 0.3 is 5.97 Å². The number of rotatable bonds is 5. The molecule has 0 fully saturated rings. The molecule has 0 aliphatic heterocycles. The molecular weight excluding hydrogens is 314 g/mol. The predicted molar refractivity (Wildman–Crippen MR) is 99.0 cm³/mol. The van der Waals surface area contributed by atoms with Crippen LogP contribution < -0.4 is 4.74 Å². The van der Waals surface area contributed by atoms with Crippen molar-refractivity contribution in [1.82, 2.24) is 4.98 Å². The van der Waals surface area contributed by atoms with Gasteiger partial charge in [-0.15, -0.1) is 0 Å². The Balaban J connectivity index is 2.12. The molecule has 128 valence electrons. The molecule has 2 aromatic carbocycles. The van der Waals surface area contributed by atoms with E-state index in [1.165, 1.54) is 5.56 Å². The summed E-state index contributed by atoms with van der Waals surface area (Å²) in [4.78, 5) is 16.7. The molecule has 3 aromatic rings. The number of ether oxygens (including phenoxy) is 2. The van der Waals surface area contributed by atoms with Crippen molar-refractivity contribution in [2.24, 2.45) is 0 Å². The molecule has 0 N–H and O–H groups in total. The van der Waals surface area contributed by atoms with Gasteiger partial charge in [-0.3, -0.25) is 0 Å². The number of aryl methyl sites for hydroxylation is 1. The predicted octanol–water partition coefficient (Wildman–Crippen LogP) is 4.79. The Morgan fingerprint density at radius 2 is 1.76 bits per heavy atom. The molecule has 0 unspecified atom stereocenters. The van der Waals surface area contributed by atoms with Gasteiger partial charge in [-0.25, -0.2) is 9.78 Å². The third-order valence-corrected chi connectivity index (χ3v) is 3.93. The van der Waals surface area contributed by atoms with Gasteiger partial charge in [0.25, 0.3) is 0 Å². The van der Waals surface area contributed by atoms with E-state index in [-0.39, 0.29) is 5.97 Å². The lowest BCUT2D eigenvalue weighted by atomic mass is 10.1. The highest BCUT2D eigenvalue weighted by Gasteiger charge is 2.13. The van der Waals surface area contributed by atoms with Crippen LogP contribution in [0.1, 0.15) is 29.8 Å². The smallest absolute Gasteiger partial charge is 0.338 e. The summed E-state index contributed by atoms with van der Waals surface area (Å²) < 4.78 is 10.9. The third kappa shape index (κ3) is 3.63. The van der Waals surface area contributed by atoms with Crippen LogP contribution in [0.25, 0.3) is 22.2 Å². The fourth-order valence-corrected chi connectivity index (χ4v) is 2.68. The zero-order valence-corrected chi connectivity index (χ0v) is 14.7. The van der Waals surface area contributed by atoms with Gasteiger partial charge in [0.1, 0.15) is 5.75 Å². The Morgan fingerprint density at radius 3 is 2.44 bits per heavy atom. The Bertz CT molecular complexity index is 901. The normalized spacial score (nSPS) is 10.7. The third-order valence-electron chi connectivity index (χ3n) is 3.93. The number of hydrogen-bond donors (Lipinski definition) is 0. The molecule has 0 spiro atoms. The number of aromatic nitrogens is 1. The summed E-state index contributed by atoms with van der Waals surface area (Å²) in [6, 6.07) is 15.5. The zero-order chi connectivity index (χ0) is 17.8. The molecule has 0 amide bonds. The van der Waals surface area contributed by atoms with Crippen molar-refractivity contribution < 1.29 is 14.3 Å². The maximum Gasteiger partial charge on any atom is 0.338 e. The van der Waals surface area contributed by atoms with Gasteiger partial charge in [-0.2, -0.15) is 0 Å². The van der Waals surface area contributed by atoms with Crippen LogP contribution in [0.15, 0.2) is 48.5 Å². The van der Waals surface area contributed by atoms with E-state index in [1.54, 1.807) is 19.1 Å². The lowest BCUT2D eigenvalue weighted by molar-refractivity contribution is 0.0526. The van der Waals surface area contributed by atoms with E-state index in [0.717, 1.165) is 22.2 Å². The number of esters is 1. The second kappa shape index (κ2) is 7.34. The second-order valence-corrected chi connectivity index (χ2v) is 5.76. The highest BCUT2D eigenvalue weighted by molar-refractivity contribution is 5.97. The number of nitrogens with zero attached hydrogens (tertiary/aromatic N) is 1. The Hall–Kier alpha value is -2.88. The highest BCUT2D eigenvalue weighted by atomic mass is 16.5. The largest absolute Gasteiger partial charge is 0.493 e. The van der Waals surface area contributed by atoms with Crippen LogP contribution >= 0.6 is 0 Å². The number of benzene rings is 2. The monoisotopic (exact) mass is 335 g/mol. The molecule has 0 atom stereocenters. The van der Waals surface area contributed by atoms with Gasteiger partial charge < -0.3 is 9.47 Å². The Labute approximate surface area is 147 Å². The Morgan fingerprint density at radius 1 is 1.00 bits per heavy atom. The Kier molecular flexibility index (Phi) is 4.98. The average Bonchev–Trinajstić information content (AvgIpc) is 2.62. The summed E-state index contributed by atoms with van der Waals surface area (Å²) in [5.41, 5.74) is 4.37. The topological polar surface area (TPSA) is 48.4 Å². The molecule has 3 rings (SSSR count). The fraction of sp³-hybridized carbons (Fsp3) is 0.238. The van der Waals surface area contributed by atoms with E-state index in [4.69, 9.17) is 14.5 Å². The number of carbonyl (C=O) groups is 1. The average molecular weight is 335 g/mol. The van der Waals surface area contributed by atoms with Gasteiger partial charge in [-0.05, 0) is 39.0 Å². The molecule has 0 bridgehead atoms. The van der Waals surface area contributed by atoms with Crippen molar-refractivity contribution in [1.29, 1.82) is 0 Å². The maximum absolute atomic E-state index is 12.0. The number of carbonyl (C=O) groups excluding carboxylic acids is 1. The zero-order valence-electron chi connectivity index (χ0n) is 14.7. The molecule has 0 aliphatic carbocycles. The molecule has 4 heteroatoms. The van der Waals surface area contributed by atoms with E-state index >= 15 is 0 Å². The lowest BCUT2D eigenvalue weighted by Gasteiger charge is -2.12. The van der Waals surface area contributed by atoms with Crippen molar-refractivity contribution in [2.75, 3.05) is 13.2 Å². The van der Waals surface area contributed by atoms with Crippen molar-refractivity contribution in [3.63, 3.8) is 0 Å². The fourth-order valence-electron chi connectivity index (χ4n) is 2.68. The number of hydrogen-bond acceptors (Lipinski definition) is 4. The van der Waals surface area contributed by atoms with Crippen LogP contribution in [0.2, 0.25) is 0 Å². The van der Waals surface area contributed by atoms with Crippen molar-refractivity contribution in [3.05, 3.63) is 59.7 Å². The summed E-state index contributed by atoms with van der Waals surface area (Å²) in [6.45, 7) is 6.67. The van der Waals surface area contributed by atoms with E-state index < -0.39 is 0 Å². The first kappa shape index (κ1) is 17.0. The minimum atomic E-state index is -0.338. The summed E-state index contributed by atoms with van der Waals surface area (Å²) in [5.74, 6) is 0.378. The van der Waals surface area contributed by atoms with E-state index in [1.807, 2.05) is 31.2 Å². The molecule has 0 saturated heterocycles. The summed E-state index contributed by atoms with van der Waals surface area (Å²) in [5, 5.41) is 0.809. The minimum absolute atomic E-state index is 0.338. The minimum Gasteiger partial charge on any atom is -0.493 e. The summed E-state index contributed by atoms with van der Waals surface area (Å²) in [6.07, 6.45) is 0. The highest BCUT2D eigenvalue weighted by Crippen LogP contribution is 2.31. The molecule has 0 radical (unpaired) electrons. The first-order valence-electron chi connectivity index (χ1n) is 8.44. The molecule has 4 nitrogen and oxygen atoms in total.